The van der Waals surface area contributed by atoms with Crippen molar-refractivity contribution < 1.29 is 19.1 Å². The molecule has 0 amide bonds. The van der Waals surface area contributed by atoms with Crippen molar-refractivity contribution in [2.24, 2.45) is 0 Å². The second-order valence-corrected chi connectivity index (χ2v) is 5.63. The number of benzene rings is 2. The number of fused-ring (bicyclic) bond motifs is 1. The molecule has 25 heavy (non-hydrogen) atoms. The quantitative estimate of drug-likeness (QED) is 0.535. The predicted molar refractivity (Wildman–Crippen MR) is 92.8 cm³/mol. The number of esters is 1. The number of rotatable bonds is 4. The summed E-state index contributed by atoms with van der Waals surface area (Å²) < 4.78 is 12.5. The van der Waals surface area contributed by atoms with E-state index in [1.807, 2.05) is 31.2 Å². The summed E-state index contributed by atoms with van der Waals surface area (Å²) in [5.74, 6) is 0.189. The maximum atomic E-state index is 11.8. The van der Waals surface area contributed by atoms with Crippen LogP contribution in [0.2, 0.25) is 0 Å². The van der Waals surface area contributed by atoms with Crippen molar-refractivity contribution >= 4 is 22.8 Å². The summed E-state index contributed by atoms with van der Waals surface area (Å²) >= 11 is 0. The van der Waals surface area contributed by atoms with Gasteiger partial charge in [0.15, 0.2) is 11.5 Å². The van der Waals surface area contributed by atoms with Crippen LogP contribution in [0.5, 0.6) is 11.5 Å². The third-order valence-corrected chi connectivity index (χ3v) is 3.71. The first-order valence-electron chi connectivity index (χ1n) is 7.90. The van der Waals surface area contributed by atoms with Crippen molar-refractivity contribution in [3.63, 3.8) is 0 Å². The van der Waals surface area contributed by atoms with Crippen LogP contribution in [0.1, 0.15) is 37.4 Å². The molecule has 0 aliphatic carbocycles. The van der Waals surface area contributed by atoms with Crippen LogP contribution < -0.4 is 9.47 Å². The van der Waals surface area contributed by atoms with Gasteiger partial charge in [-0.25, -0.2) is 0 Å². The number of carbonyl (C=O) groups excluding carboxylic acids is 2. The van der Waals surface area contributed by atoms with Crippen LogP contribution in [0.25, 0.3) is 10.9 Å². The molecule has 0 unspecified atom stereocenters. The Balaban J connectivity index is 1.98. The van der Waals surface area contributed by atoms with Gasteiger partial charge >= 0.3 is 5.97 Å². The van der Waals surface area contributed by atoms with Gasteiger partial charge in [-0.2, -0.15) is 9.78 Å². The Morgan fingerprint density at radius 3 is 2.32 bits per heavy atom. The van der Waals surface area contributed by atoms with E-state index in [0.29, 0.717) is 17.2 Å². The molecule has 3 aromatic rings. The lowest BCUT2D eigenvalue weighted by Crippen LogP contribution is -2.10. The highest BCUT2D eigenvalue weighted by Gasteiger charge is 2.20. The van der Waals surface area contributed by atoms with E-state index in [0.717, 1.165) is 10.9 Å². The monoisotopic (exact) mass is 338 g/mol. The first kappa shape index (κ1) is 16.7. The molecular weight excluding hydrogens is 320 g/mol. The molecule has 128 valence electrons. The molecule has 0 spiro atoms. The second-order valence-electron chi connectivity index (χ2n) is 5.63. The first-order chi connectivity index (χ1) is 12.0. The highest BCUT2D eigenvalue weighted by atomic mass is 16.6. The Hall–Kier alpha value is -3.15. The van der Waals surface area contributed by atoms with E-state index in [1.165, 1.54) is 18.5 Å². The molecule has 1 heterocycles. The van der Waals surface area contributed by atoms with Crippen LogP contribution in [0.4, 0.5) is 0 Å². The van der Waals surface area contributed by atoms with Crippen molar-refractivity contribution in [2.45, 2.75) is 26.9 Å². The lowest BCUT2D eigenvalue weighted by Gasteiger charge is -2.15. The van der Waals surface area contributed by atoms with Crippen LogP contribution in [0.3, 0.4) is 0 Å². The summed E-state index contributed by atoms with van der Waals surface area (Å²) in [6.07, 6.45) is -0.442. The third kappa shape index (κ3) is 3.38. The topological polar surface area (TPSA) is 70.4 Å². The Morgan fingerprint density at radius 1 is 1.00 bits per heavy atom. The molecule has 1 aromatic heterocycles. The van der Waals surface area contributed by atoms with Gasteiger partial charge in [0, 0.05) is 19.2 Å². The number of hydrogen-bond donors (Lipinski definition) is 0. The zero-order valence-electron chi connectivity index (χ0n) is 14.2. The van der Waals surface area contributed by atoms with Gasteiger partial charge in [0.1, 0.15) is 11.8 Å². The number of para-hydroxylation sites is 3. The van der Waals surface area contributed by atoms with Crippen LogP contribution in [-0.4, -0.2) is 21.7 Å². The highest BCUT2D eigenvalue weighted by molar-refractivity contribution is 5.91. The Bertz CT molecular complexity index is 946. The van der Waals surface area contributed by atoms with E-state index in [2.05, 4.69) is 5.10 Å². The zero-order chi connectivity index (χ0) is 18.0. The van der Waals surface area contributed by atoms with Gasteiger partial charge in [0.25, 0.3) is 0 Å². The van der Waals surface area contributed by atoms with Gasteiger partial charge in [-0.15, -0.1) is 0 Å². The molecule has 0 saturated carbocycles. The summed E-state index contributed by atoms with van der Waals surface area (Å²) in [6.45, 7) is 4.64. The SMILES string of the molecule is CC(=O)Oc1ccccc1O[C@@H](C)c1nn(C(C)=O)c2ccccc12. The molecule has 0 radical (unpaired) electrons. The molecule has 0 bridgehead atoms. The van der Waals surface area contributed by atoms with E-state index in [9.17, 15) is 9.59 Å². The molecular formula is C19H18N2O4. The Morgan fingerprint density at radius 2 is 1.64 bits per heavy atom. The minimum atomic E-state index is -0.442. The highest BCUT2D eigenvalue weighted by Crippen LogP contribution is 2.33. The van der Waals surface area contributed by atoms with Crippen LogP contribution in [0, 0.1) is 0 Å². The van der Waals surface area contributed by atoms with E-state index in [1.54, 1.807) is 24.3 Å². The smallest absolute Gasteiger partial charge is 0.308 e. The minimum absolute atomic E-state index is 0.171. The van der Waals surface area contributed by atoms with Crippen molar-refractivity contribution in [1.29, 1.82) is 0 Å². The molecule has 6 nitrogen and oxygen atoms in total. The van der Waals surface area contributed by atoms with Crippen LogP contribution in [0.15, 0.2) is 48.5 Å². The number of ether oxygens (including phenoxy) is 2. The van der Waals surface area contributed by atoms with Gasteiger partial charge in [-0.1, -0.05) is 30.3 Å². The molecule has 6 heteroatoms. The Kier molecular flexibility index (Phi) is 4.52. The Labute approximate surface area is 145 Å². The summed E-state index contributed by atoms with van der Waals surface area (Å²) in [5.41, 5.74) is 1.37. The van der Waals surface area contributed by atoms with Gasteiger partial charge in [-0.05, 0) is 25.1 Å². The van der Waals surface area contributed by atoms with Crippen molar-refractivity contribution in [3.05, 3.63) is 54.2 Å². The predicted octanol–water partition coefficient (Wildman–Crippen LogP) is 3.76. The molecule has 0 fully saturated rings. The van der Waals surface area contributed by atoms with Crippen molar-refractivity contribution in [3.8, 4) is 11.5 Å². The molecule has 0 N–H and O–H groups in total. The second kappa shape index (κ2) is 6.76. The van der Waals surface area contributed by atoms with Gasteiger partial charge in [0.2, 0.25) is 5.91 Å². The fourth-order valence-electron chi connectivity index (χ4n) is 2.66. The van der Waals surface area contributed by atoms with E-state index in [4.69, 9.17) is 9.47 Å². The number of aromatic nitrogens is 2. The zero-order valence-corrected chi connectivity index (χ0v) is 14.2. The number of carbonyl (C=O) groups is 2. The summed E-state index contributed by atoms with van der Waals surface area (Å²) in [7, 11) is 0. The minimum Gasteiger partial charge on any atom is -0.480 e. The molecule has 2 aromatic carbocycles. The maximum absolute atomic E-state index is 11.8. The molecule has 0 saturated heterocycles. The summed E-state index contributed by atoms with van der Waals surface area (Å²) in [5, 5.41) is 5.25. The van der Waals surface area contributed by atoms with Gasteiger partial charge in [0.05, 0.1) is 5.52 Å². The fourth-order valence-corrected chi connectivity index (χ4v) is 2.66. The van der Waals surface area contributed by atoms with Crippen LogP contribution in [-0.2, 0) is 4.79 Å². The third-order valence-electron chi connectivity index (χ3n) is 3.71. The summed E-state index contributed by atoms with van der Waals surface area (Å²) in [4.78, 5) is 23.1. The van der Waals surface area contributed by atoms with Crippen molar-refractivity contribution in [1.82, 2.24) is 9.78 Å². The average molecular weight is 338 g/mol. The maximum Gasteiger partial charge on any atom is 0.308 e. The number of nitrogens with zero attached hydrogens (tertiary/aromatic N) is 2. The molecule has 0 aliphatic rings. The van der Waals surface area contributed by atoms with E-state index < -0.39 is 12.1 Å². The molecule has 0 aliphatic heterocycles. The first-order valence-corrected chi connectivity index (χ1v) is 7.90. The normalized spacial score (nSPS) is 12.0. The molecule has 3 rings (SSSR count). The van der Waals surface area contributed by atoms with E-state index in [-0.39, 0.29) is 5.91 Å². The lowest BCUT2D eigenvalue weighted by molar-refractivity contribution is -0.132. The van der Waals surface area contributed by atoms with Crippen LogP contribution >= 0.6 is 0 Å². The average Bonchev–Trinajstić information content (AvgIpc) is 2.96. The lowest BCUT2D eigenvalue weighted by atomic mass is 10.1. The summed E-state index contributed by atoms with van der Waals surface area (Å²) in [6, 6.07) is 14.4. The fraction of sp³-hybridized carbons (Fsp3) is 0.211. The molecule has 1 atom stereocenters. The van der Waals surface area contributed by atoms with Gasteiger partial charge < -0.3 is 9.47 Å². The van der Waals surface area contributed by atoms with Gasteiger partial charge in [-0.3, -0.25) is 9.59 Å². The standard InChI is InChI=1S/C19H18N2O4/c1-12(24-17-10-6-7-11-18(17)25-14(3)23)19-15-8-4-5-9-16(15)21(20-19)13(2)22/h4-12H,1-3H3/t12-/m0/s1. The van der Waals surface area contributed by atoms with E-state index >= 15 is 0 Å². The van der Waals surface area contributed by atoms with Crippen molar-refractivity contribution in [2.75, 3.05) is 0 Å². The largest absolute Gasteiger partial charge is 0.480 e. The number of hydrogen-bond acceptors (Lipinski definition) is 5.